The van der Waals surface area contributed by atoms with Crippen molar-refractivity contribution < 1.29 is 22.7 Å². The average Bonchev–Trinajstić information content (AvgIpc) is 2.85. The monoisotopic (exact) mass is 381 g/mol. The molecule has 0 aliphatic heterocycles. The van der Waals surface area contributed by atoms with E-state index in [9.17, 15) is 18.0 Å². The lowest BCUT2D eigenvalue weighted by Gasteiger charge is -2.12. The Morgan fingerprint density at radius 3 is 2.50 bits per heavy atom. The number of nitrogens with zero attached hydrogens (tertiary/aromatic N) is 3. The summed E-state index contributed by atoms with van der Waals surface area (Å²) in [6, 6.07) is 9.82. The van der Waals surface area contributed by atoms with Crippen LogP contribution in [0, 0.1) is 4.77 Å². The Bertz CT molecular complexity index is 1040. The number of rotatable bonds is 3. The van der Waals surface area contributed by atoms with Gasteiger partial charge in [-0.1, -0.05) is 18.2 Å². The molecule has 5 nitrogen and oxygen atoms in total. The van der Waals surface area contributed by atoms with E-state index in [1.807, 2.05) is 0 Å². The number of hydrogen-bond acceptors (Lipinski definition) is 4. The molecule has 3 rings (SSSR count). The highest BCUT2D eigenvalue weighted by Crippen LogP contribution is 2.33. The van der Waals surface area contributed by atoms with Crippen LogP contribution in [-0.2, 0) is 18.0 Å². The van der Waals surface area contributed by atoms with E-state index in [2.05, 4.69) is 4.98 Å². The molecule has 26 heavy (non-hydrogen) atoms. The molecule has 0 aliphatic carbocycles. The maximum Gasteiger partial charge on any atom is 0.434 e. The van der Waals surface area contributed by atoms with E-state index in [0.29, 0.717) is 11.2 Å². The molecule has 2 aromatic heterocycles. The number of fused-ring (bicyclic) bond motifs is 1. The van der Waals surface area contributed by atoms with Crippen molar-refractivity contribution in [3.8, 4) is 5.69 Å². The summed E-state index contributed by atoms with van der Waals surface area (Å²) in [5.74, 6) is -1.08. The third-order valence-electron chi connectivity index (χ3n) is 3.81. The molecule has 0 saturated carbocycles. The zero-order valence-electron chi connectivity index (χ0n) is 13.9. The van der Waals surface area contributed by atoms with Gasteiger partial charge in [-0.3, -0.25) is 4.57 Å². The molecule has 0 amide bonds. The van der Waals surface area contributed by atoms with Crippen LogP contribution in [0.25, 0.3) is 16.9 Å². The number of para-hydroxylation sites is 1. The maximum atomic E-state index is 13.5. The minimum atomic E-state index is -4.82. The standard InChI is InChI=1S/C17H14F3N3O2S/c1-3-25-15(24)11-9-12-14(21-13(11)17(18,19)20)23(16(26)22(12)2)10-7-5-4-6-8-10/h4-9H,3H2,1-2H3. The van der Waals surface area contributed by atoms with Gasteiger partial charge < -0.3 is 9.30 Å². The predicted molar refractivity (Wildman–Crippen MR) is 91.8 cm³/mol. The van der Waals surface area contributed by atoms with Crippen molar-refractivity contribution in [2.45, 2.75) is 13.1 Å². The summed E-state index contributed by atoms with van der Waals surface area (Å²) in [4.78, 5) is 15.8. The number of aromatic nitrogens is 3. The molecule has 9 heteroatoms. The molecule has 0 atom stereocenters. The number of benzene rings is 1. The molecule has 0 aliphatic rings. The van der Waals surface area contributed by atoms with E-state index in [0.717, 1.165) is 6.07 Å². The minimum absolute atomic E-state index is 0.0177. The van der Waals surface area contributed by atoms with Crippen LogP contribution in [-0.4, -0.2) is 26.7 Å². The van der Waals surface area contributed by atoms with E-state index < -0.39 is 23.4 Å². The zero-order valence-corrected chi connectivity index (χ0v) is 14.7. The number of aryl methyl sites for hydroxylation is 1. The highest BCUT2D eigenvalue weighted by molar-refractivity contribution is 7.71. The molecule has 0 radical (unpaired) electrons. The molecule has 0 N–H and O–H groups in total. The predicted octanol–water partition coefficient (Wildman–Crippen LogP) is 4.29. The first kappa shape index (κ1) is 18.1. The SMILES string of the molecule is CCOC(=O)c1cc2c(nc1C(F)(F)F)n(-c1ccccc1)c(=S)n2C. The normalized spacial score (nSPS) is 11.7. The Labute approximate surface area is 151 Å². The highest BCUT2D eigenvalue weighted by atomic mass is 32.1. The van der Waals surface area contributed by atoms with Crippen LogP contribution in [0.15, 0.2) is 36.4 Å². The summed E-state index contributed by atoms with van der Waals surface area (Å²) in [6.07, 6.45) is -4.82. The van der Waals surface area contributed by atoms with Gasteiger partial charge in [0.25, 0.3) is 0 Å². The number of halogens is 3. The first-order valence-electron chi connectivity index (χ1n) is 7.68. The molecular weight excluding hydrogens is 367 g/mol. The number of alkyl halides is 3. The first-order chi connectivity index (χ1) is 12.3. The number of hydrogen-bond donors (Lipinski definition) is 0. The van der Waals surface area contributed by atoms with Crippen LogP contribution in [0.3, 0.4) is 0 Å². The van der Waals surface area contributed by atoms with Crippen LogP contribution in [0.5, 0.6) is 0 Å². The van der Waals surface area contributed by atoms with Gasteiger partial charge in [-0.25, -0.2) is 9.78 Å². The largest absolute Gasteiger partial charge is 0.462 e. The Balaban J connectivity index is 2.39. The molecular formula is C17H14F3N3O2S. The summed E-state index contributed by atoms with van der Waals surface area (Å²) in [5.41, 5.74) is -1.04. The number of ether oxygens (including phenoxy) is 1. The molecule has 0 saturated heterocycles. The topological polar surface area (TPSA) is 49.0 Å². The third-order valence-corrected chi connectivity index (χ3v) is 4.27. The van der Waals surface area contributed by atoms with Crippen LogP contribution >= 0.6 is 12.2 Å². The number of carbonyl (C=O) groups excluding carboxylic acids is 1. The van der Waals surface area contributed by atoms with Crippen molar-refractivity contribution in [3.63, 3.8) is 0 Å². The second-order valence-corrected chi connectivity index (χ2v) is 5.82. The minimum Gasteiger partial charge on any atom is -0.462 e. The molecule has 0 fully saturated rings. The zero-order chi connectivity index (χ0) is 19.1. The highest BCUT2D eigenvalue weighted by Gasteiger charge is 2.39. The van der Waals surface area contributed by atoms with Crippen molar-refractivity contribution in [2.75, 3.05) is 6.61 Å². The summed E-state index contributed by atoms with van der Waals surface area (Å²) in [5, 5.41) is 0. The smallest absolute Gasteiger partial charge is 0.434 e. The number of pyridine rings is 1. The second-order valence-electron chi connectivity index (χ2n) is 5.46. The fourth-order valence-electron chi connectivity index (χ4n) is 2.64. The van der Waals surface area contributed by atoms with Crippen molar-refractivity contribution in [3.05, 3.63) is 52.4 Å². The van der Waals surface area contributed by atoms with E-state index in [1.54, 1.807) is 37.4 Å². The number of esters is 1. The van der Waals surface area contributed by atoms with E-state index in [1.165, 1.54) is 16.1 Å². The van der Waals surface area contributed by atoms with Gasteiger partial charge in [0, 0.05) is 12.7 Å². The van der Waals surface area contributed by atoms with Crippen LogP contribution in [0.1, 0.15) is 23.0 Å². The molecule has 0 unspecified atom stereocenters. The Morgan fingerprint density at radius 2 is 1.92 bits per heavy atom. The van der Waals surface area contributed by atoms with E-state index >= 15 is 0 Å². The molecule has 1 aromatic carbocycles. The lowest BCUT2D eigenvalue weighted by atomic mass is 10.1. The molecule has 0 bridgehead atoms. The summed E-state index contributed by atoms with van der Waals surface area (Å²) in [6.45, 7) is 1.47. The van der Waals surface area contributed by atoms with Gasteiger partial charge >= 0.3 is 12.1 Å². The average molecular weight is 381 g/mol. The van der Waals surface area contributed by atoms with Gasteiger partial charge in [-0.2, -0.15) is 13.2 Å². The summed E-state index contributed by atoms with van der Waals surface area (Å²) in [7, 11) is 1.61. The lowest BCUT2D eigenvalue weighted by molar-refractivity contribution is -0.141. The van der Waals surface area contributed by atoms with Crippen LogP contribution in [0.4, 0.5) is 13.2 Å². The number of carbonyl (C=O) groups is 1. The van der Waals surface area contributed by atoms with E-state index in [-0.39, 0.29) is 17.0 Å². The maximum absolute atomic E-state index is 13.5. The van der Waals surface area contributed by atoms with Gasteiger partial charge in [-0.05, 0) is 37.3 Å². The van der Waals surface area contributed by atoms with Gasteiger partial charge in [0.2, 0.25) is 0 Å². The number of imidazole rings is 1. The van der Waals surface area contributed by atoms with Crippen molar-refractivity contribution in [2.24, 2.45) is 7.05 Å². The second kappa shape index (κ2) is 6.56. The molecule has 0 spiro atoms. The molecule has 2 heterocycles. The van der Waals surface area contributed by atoms with Gasteiger partial charge in [0.1, 0.15) is 0 Å². The van der Waals surface area contributed by atoms with Gasteiger partial charge in [-0.15, -0.1) is 0 Å². The van der Waals surface area contributed by atoms with E-state index in [4.69, 9.17) is 17.0 Å². The van der Waals surface area contributed by atoms with Gasteiger partial charge in [0.15, 0.2) is 16.1 Å². The van der Waals surface area contributed by atoms with Crippen LogP contribution < -0.4 is 0 Å². The van der Waals surface area contributed by atoms with Crippen molar-refractivity contribution in [1.82, 2.24) is 14.1 Å². The molecule has 136 valence electrons. The summed E-state index contributed by atoms with van der Waals surface area (Å²) < 4.78 is 48.5. The molecule has 3 aromatic rings. The fourth-order valence-corrected chi connectivity index (χ4v) is 2.93. The summed E-state index contributed by atoms with van der Waals surface area (Å²) >= 11 is 5.36. The quantitative estimate of drug-likeness (QED) is 0.502. The third kappa shape index (κ3) is 2.98. The Morgan fingerprint density at radius 1 is 1.27 bits per heavy atom. The fraction of sp³-hybridized carbons (Fsp3) is 0.235. The van der Waals surface area contributed by atoms with Gasteiger partial charge in [0.05, 0.1) is 17.7 Å². The van der Waals surface area contributed by atoms with Crippen molar-refractivity contribution >= 4 is 29.4 Å². The Kier molecular flexibility index (Phi) is 4.57. The lowest BCUT2D eigenvalue weighted by Crippen LogP contribution is -2.18. The van der Waals surface area contributed by atoms with Crippen molar-refractivity contribution in [1.29, 1.82) is 0 Å². The first-order valence-corrected chi connectivity index (χ1v) is 8.08. The Hall–Kier alpha value is -2.68. The van der Waals surface area contributed by atoms with Crippen LogP contribution in [0.2, 0.25) is 0 Å².